The summed E-state index contributed by atoms with van der Waals surface area (Å²) < 4.78 is 5.27. The van der Waals surface area contributed by atoms with Gasteiger partial charge in [0.15, 0.2) is 0 Å². The maximum Gasteiger partial charge on any atom is 0.310 e. The minimum atomic E-state index is -0.415. The van der Waals surface area contributed by atoms with Crippen LogP contribution in [0.25, 0.3) is 0 Å². The number of rotatable bonds is 4. The zero-order valence-electron chi connectivity index (χ0n) is 10.4. The first-order chi connectivity index (χ1) is 6.26. The summed E-state index contributed by atoms with van der Waals surface area (Å²) in [5.74, 6) is 0.138. The Morgan fingerprint density at radius 2 is 1.80 bits per heavy atom. The van der Waals surface area contributed by atoms with Crippen LogP contribution in [0.15, 0.2) is 0 Å². The van der Waals surface area contributed by atoms with E-state index in [4.69, 9.17) is 10.5 Å². The first kappa shape index (κ1) is 17.1. The molecule has 0 aromatic heterocycles. The van der Waals surface area contributed by atoms with Crippen molar-refractivity contribution >= 4 is 18.4 Å². The average Bonchev–Trinajstić information content (AvgIpc) is 1.96. The van der Waals surface area contributed by atoms with E-state index in [1.165, 1.54) is 0 Å². The van der Waals surface area contributed by atoms with Crippen molar-refractivity contribution < 1.29 is 9.53 Å². The molecule has 0 saturated heterocycles. The lowest BCUT2D eigenvalue weighted by molar-refractivity contribution is -0.160. The standard InChI is InChI=1S/C11H23NO2.ClH/c1-8(2)6-9(7-12)10(13)14-11(3,4)5;/h8-9H,6-7,12H2,1-5H3;1H. The Labute approximate surface area is 99.2 Å². The molecule has 0 aromatic carbocycles. The van der Waals surface area contributed by atoms with Crippen LogP contribution in [0.1, 0.15) is 41.0 Å². The molecule has 0 amide bonds. The second-order valence-corrected chi connectivity index (χ2v) is 5.10. The summed E-state index contributed by atoms with van der Waals surface area (Å²) in [6.07, 6.45) is 0.797. The molecule has 0 aromatic rings. The van der Waals surface area contributed by atoms with Gasteiger partial charge in [0, 0.05) is 6.54 Å². The highest BCUT2D eigenvalue weighted by Gasteiger charge is 2.24. The third-order valence-corrected chi connectivity index (χ3v) is 1.78. The van der Waals surface area contributed by atoms with Gasteiger partial charge in [0.2, 0.25) is 0 Å². The van der Waals surface area contributed by atoms with Gasteiger partial charge in [0.05, 0.1) is 5.92 Å². The van der Waals surface area contributed by atoms with Crippen LogP contribution in [0.3, 0.4) is 0 Å². The summed E-state index contributed by atoms with van der Waals surface area (Å²) in [4.78, 5) is 11.6. The molecule has 0 fully saturated rings. The van der Waals surface area contributed by atoms with Crippen molar-refractivity contribution in [2.75, 3.05) is 6.54 Å². The van der Waals surface area contributed by atoms with Crippen LogP contribution in [0.5, 0.6) is 0 Å². The number of carbonyl (C=O) groups excluding carboxylic acids is 1. The number of hydrogen-bond donors (Lipinski definition) is 1. The average molecular weight is 238 g/mol. The van der Waals surface area contributed by atoms with E-state index in [0.29, 0.717) is 12.5 Å². The monoisotopic (exact) mass is 237 g/mol. The van der Waals surface area contributed by atoms with Gasteiger partial charge < -0.3 is 10.5 Å². The van der Waals surface area contributed by atoms with Crippen molar-refractivity contribution in [1.29, 1.82) is 0 Å². The molecule has 0 rings (SSSR count). The first-order valence-electron chi connectivity index (χ1n) is 5.19. The molecule has 0 aliphatic heterocycles. The maximum atomic E-state index is 11.6. The van der Waals surface area contributed by atoms with Gasteiger partial charge >= 0.3 is 5.97 Å². The van der Waals surface area contributed by atoms with Crippen molar-refractivity contribution in [1.82, 2.24) is 0 Å². The van der Waals surface area contributed by atoms with Gasteiger partial charge in [-0.3, -0.25) is 4.79 Å². The third kappa shape index (κ3) is 8.70. The van der Waals surface area contributed by atoms with Crippen LogP contribution < -0.4 is 5.73 Å². The minimum Gasteiger partial charge on any atom is -0.460 e. The summed E-state index contributed by atoms with van der Waals surface area (Å²) in [6, 6.07) is 0. The predicted octanol–water partition coefficient (Wildman–Crippen LogP) is 2.37. The van der Waals surface area contributed by atoms with Crippen molar-refractivity contribution in [3.63, 3.8) is 0 Å². The van der Waals surface area contributed by atoms with E-state index in [2.05, 4.69) is 13.8 Å². The lowest BCUT2D eigenvalue weighted by atomic mass is 9.97. The van der Waals surface area contributed by atoms with Crippen LogP contribution in [-0.4, -0.2) is 18.1 Å². The van der Waals surface area contributed by atoms with E-state index < -0.39 is 5.60 Å². The molecular weight excluding hydrogens is 214 g/mol. The number of nitrogens with two attached hydrogens (primary N) is 1. The summed E-state index contributed by atoms with van der Waals surface area (Å²) >= 11 is 0. The molecule has 0 radical (unpaired) electrons. The van der Waals surface area contributed by atoms with Crippen molar-refractivity contribution in [3.8, 4) is 0 Å². The molecule has 4 heteroatoms. The molecule has 2 N–H and O–H groups in total. The zero-order chi connectivity index (χ0) is 11.4. The fourth-order valence-corrected chi connectivity index (χ4v) is 1.24. The van der Waals surface area contributed by atoms with Crippen LogP contribution in [0.2, 0.25) is 0 Å². The number of carbonyl (C=O) groups is 1. The quantitative estimate of drug-likeness (QED) is 0.764. The van der Waals surface area contributed by atoms with Crippen molar-refractivity contribution in [3.05, 3.63) is 0 Å². The summed E-state index contributed by atoms with van der Waals surface area (Å²) in [7, 11) is 0. The third-order valence-electron chi connectivity index (χ3n) is 1.78. The van der Waals surface area contributed by atoms with Crippen molar-refractivity contribution in [2.24, 2.45) is 17.6 Å². The second kappa shape index (κ2) is 7.07. The number of hydrogen-bond acceptors (Lipinski definition) is 3. The molecule has 0 bridgehead atoms. The van der Waals surface area contributed by atoms with Crippen LogP contribution in [-0.2, 0) is 9.53 Å². The number of esters is 1. The summed E-state index contributed by atoms with van der Waals surface area (Å²) in [6.45, 7) is 10.1. The zero-order valence-corrected chi connectivity index (χ0v) is 11.2. The lowest BCUT2D eigenvalue weighted by Gasteiger charge is -2.24. The Bertz CT molecular complexity index is 188. The van der Waals surface area contributed by atoms with Gasteiger partial charge in [-0.1, -0.05) is 13.8 Å². The van der Waals surface area contributed by atoms with Gasteiger partial charge in [-0.2, -0.15) is 0 Å². The van der Waals surface area contributed by atoms with E-state index in [0.717, 1.165) is 6.42 Å². The molecule has 1 unspecified atom stereocenters. The fourth-order valence-electron chi connectivity index (χ4n) is 1.24. The smallest absolute Gasteiger partial charge is 0.310 e. The largest absolute Gasteiger partial charge is 0.460 e. The molecule has 92 valence electrons. The molecule has 0 saturated carbocycles. The van der Waals surface area contributed by atoms with Crippen LogP contribution >= 0.6 is 12.4 Å². The van der Waals surface area contributed by atoms with Crippen LogP contribution in [0.4, 0.5) is 0 Å². The van der Waals surface area contributed by atoms with Gasteiger partial charge in [-0.05, 0) is 33.1 Å². The van der Waals surface area contributed by atoms with Gasteiger partial charge in [-0.25, -0.2) is 0 Å². The highest BCUT2D eigenvalue weighted by atomic mass is 35.5. The Kier molecular flexibility index (Phi) is 8.07. The molecule has 3 nitrogen and oxygen atoms in total. The summed E-state index contributed by atoms with van der Waals surface area (Å²) in [5, 5.41) is 0. The van der Waals surface area contributed by atoms with E-state index in [1.807, 2.05) is 20.8 Å². The second-order valence-electron chi connectivity index (χ2n) is 5.10. The molecule has 0 aliphatic carbocycles. The predicted molar refractivity (Wildman–Crippen MR) is 65.1 cm³/mol. The molecule has 0 spiro atoms. The van der Waals surface area contributed by atoms with E-state index in [9.17, 15) is 4.79 Å². The molecule has 0 heterocycles. The molecular formula is C11H24ClNO2. The Balaban J connectivity index is 0. The SMILES string of the molecule is CC(C)CC(CN)C(=O)OC(C)(C)C.Cl. The van der Waals surface area contributed by atoms with Gasteiger partial charge in [0.25, 0.3) is 0 Å². The molecule has 15 heavy (non-hydrogen) atoms. The van der Waals surface area contributed by atoms with Crippen LogP contribution in [0, 0.1) is 11.8 Å². The van der Waals surface area contributed by atoms with Crippen molar-refractivity contribution in [2.45, 2.75) is 46.6 Å². The number of ether oxygens (including phenoxy) is 1. The van der Waals surface area contributed by atoms with E-state index in [1.54, 1.807) is 0 Å². The summed E-state index contributed by atoms with van der Waals surface area (Å²) in [5.41, 5.74) is 5.12. The number of halogens is 1. The fraction of sp³-hybridized carbons (Fsp3) is 0.909. The van der Waals surface area contributed by atoms with Gasteiger partial charge in [-0.15, -0.1) is 12.4 Å². The Hall–Kier alpha value is -0.280. The first-order valence-corrected chi connectivity index (χ1v) is 5.19. The van der Waals surface area contributed by atoms with Gasteiger partial charge in [0.1, 0.15) is 5.60 Å². The lowest BCUT2D eigenvalue weighted by Crippen LogP contribution is -2.33. The molecule has 0 aliphatic rings. The minimum absolute atomic E-state index is 0. The maximum absolute atomic E-state index is 11.6. The molecule has 1 atom stereocenters. The van der Waals surface area contributed by atoms with E-state index >= 15 is 0 Å². The van der Waals surface area contributed by atoms with E-state index in [-0.39, 0.29) is 24.3 Å². The topological polar surface area (TPSA) is 52.3 Å². The Morgan fingerprint density at radius 1 is 1.33 bits per heavy atom. The highest BCUT2D eigenvalue weighted by molar-refractivity contribution is 5.85. The Morgan fingerprint density at radius 3 is 2.07 bits per heavy atom. The highest BCUT2D eigenvalue weighted by Crippen LogP contribution is 2.16. The normalized spacial score (nSPS) is 13.3.